The Labute approximate surface area is 221 Å². The highest BCUT2D eigenvalue weighted by Gasteiger charge is 2.26. The molecular formula is C23H27ClN6O5S2. The molecule has 0 spiro atoms. The predicted octanol–water partition coefficient (Wildman–Crippen LogP) is 3.37. The van der Waals surface area contributed by atoms with Crippen LogP contribution in [-0.2, 0) is 33.0 Å². The van der Waals surface area contributed by atoms with Gasteiger partial charge in [0.25, 0.3) is 10.2 Å². The van der Waals surface area contributed by atoms with Gasteiger partial charge >= 0.3 is 0 Å². The highest BCUT2D eigenvalue weighted by atomic mass is 35.5. The molecule has 3 aromatic rings. The van der Waals surface area contributed by atoms with Gasteiger partial charge in [0.1, 0.15) is 10.8 Å². The molecule has 1 aliphatic rings. The molecular weight excluding hydrogens is 540 g/mol. The maximum atomic E-state index is 12.8. The number of halogens is 1. The molecule has 4 rings (SSSR count). The summed E-state index contributed by atoms with van der Waals surface area (Å²) in [5, 5.41) is 11.0. The second-order valence-electron chi connectivity index (χ2n) is 8.68. The van der Waals surface area contributed by atoms with Gasteiger partial charge in [-0.1, -0.05) is 23.7 Å². The molecule has 14 heteroatoms. The van der Waals surface area contributed by atoms with Crippen LogP contribution < -0.4 is 20.5 Å². The van der Waals surface area contributed by atoms with Crippen LogP contribution >= 0.6 is 11.6 Å². The number of ether oxygens (including phenoxy) is 1. The summed E-state index contributed by atoms with van der Waals surface area (Å²) < 4.78 is 56.0. The minimum Gasteiger partial charge on any atom is -0.495 e. The Hall–Kier alpha value is -2.97. The van der Waals surface area contributed by atoms with Gasteiger partial charge in [0.2, 0.25) is 5.95 Å². The number of nitrogens with two attached hydrogens (primary N) is 1. The standard InChI is InChI=1S/C23H27ClN6O5S2/c1-14(2)36(31,32)21-7-5-4-6-18(21)27-22-17(24)12-26-23(29-22)28-19-10-16-13-30(37(25,33)34)9-8-15(16)11-20(19)35-3/h4-7,10-12,14H,8-9,13H2,1-3H3,(H2,25,33,34)(H2,26,27,28,29). The van der Waals surface area contributed by atoms with E-state index in [9.17, 15) is 16.8 Å². The van der Waals surface area contributed by atoms with Crippen molar-refractivity contribution in [3.05, 3.63) is 58.7 Å². The molecule has 0 atom stereocenters. The first kappa shape index (κ1) is 27.1. The first-order valence-corrected chi connectivity index (χ1v) is 14.7. The summed E-state index contributed by atoms with van der Waals surface area (Å²) in [5.74, 6) is 0.876. The average molecular weight is 567 g/mol. The first-order chi connectivity index (χ1) is 17.4. The SMILES string of the molecule is COc1cc2c(cc1Nc1ncc(Cl)c(Nc3ccccc3S(=O)(=O)C(C)C)n1)CN(S(N)(=O)=O)CC2. The molecule has 0 saturated carbocycles. The lowest BCUT2D eigenvalue weighted by Gasteiger charge is -2.27. The Kier molecular flexibility index (Phi) is 7.62. The third-order valence-corrected chi connectivity index (χ3v) is 9.43. The van der Waals surface area contributed by atoms with E-state index in [0.29, 0.717) is 23.5 Å². The number of fused-ring (bicyclic) bond motifs is 1. The van der Waals surface area contributed by atoms with Gasteiger partial charge in [-0.2, -0.15) is 17.7 Å². The molecule has 0 radical (unpaired) electrons. The summed E-state index contributed by atoms with van der Waals surface area (Å²) in [6.45, 7) is 3.63. The zero-order valence-electron chi connectivity index (χ0n) is 20.4. The van der Waals surface area contributed by atoms with Crippen molar-refractivity contribution in [3.63, 3.8) is 0 Å². The number of nitrogens with one attached hydrogen (secondary N) is 2. The van der Waals surface area contributed by atoms with E-state index >= 15 is 0 Å². The third-order valence-electron chi connectivity index (χ3n) is 5.92. The number of hydrogen-bond donors (Lipinski definition) is 3. The summed E-state index contributed by atoms with van der Waals surface area (Å²) in [6, 6.07) is 10.1. The molecule has 0 unspecified atom stereocenters. The van der Waals surface area contributed by atoms with Crippen molar-refractivity contribution >= 4 is 54.8 Å². The van der Waals surface area contributed by atoms with Crippen LogP contribution in [0.5, 0.6) is 5.75 Å². The Morgan fingerprint density at radius 3 is 2.49 bits per heavy atom. The summed E-state index contributed by atoms with van der Waals surface area (Å²) >= 11 is 6.33. The van der Waals surface area contributed by atoms with Gasteiger partial charge in [-0.15, -0.1) is 0 Å². The molecule has 0 aliphatic carbocycles. The van der Waals surface area contributed by atoms with E-state index in [4.69, 9.17) is 21.5 Å². The van der Waals surface area contributed by atoms with Crippen LogP contribution in [-0.4, -0.2) is 50.0 Å². The molecule has 1 aliphatic heterocycles. The molecule has 0 saturated heterocycles. The van der Waals surface area contributed by atoms with Gasteiger partial charge < -0.3 is 15.4 Å². The molecule has 11 nitrogen and oxygen atoms in total. The second kappa shape index (κ2) is 10.4. The van der Waals surface area contributed by atoms with E-state index in [1.807, 2.05) is 6.07 Å². The molecule has 0 fully saturated rings. The summed E-state index contributed by atoms with van der Waals surface area (Å²) in [5.41, 5.74) is 2.55. The minimum atomic E-state index is -3.82. The van der Waals surface area contributed by atoms with Crippen LogP contribution in [0.4, 0.5) is 23.1 Å². The number of sulfone groups is 1. The van der Waals surface area contributed by atoms with Crippen LogP contribution in [0.3, 0.4) is 0 Å². The van der Waals surface area contributed by atoms with Crippen LogP contribution in [0.2, 0.25) is 5.02 Å². The lowest BCUT2D eigenvalue weighted by Crippen LogP contribution is -2.40. The zero-order chi connectivity index (χ0) is 27.0. The number of para-hydroxylation sites is 1. The van der Waals surface area contributed by atoms with E-state index in [-0.39, 0.29) is 34.8 Å². The Bertz CT molecular complexity index is 1550. The maximum Gasteiger partial charge on any atom is 0.277 e. The summed E-state index contributed by atoms with van der Waals surface area (Å²) in [6.07, 6.45) is 1.87. The predicted molar refractivity (Wildman–Crippen MR) is 143 cm³/mol. The van der Waals surface area contributed by atoms with Crippen LogP contribution in [0.15, 0.2) is 47.5 Å². The summed E-state index contributed by atoms with van der Waals surface area (Å²) in [4.78, 5) is 8.78. The largest absolute Gasteiger partial charge is 0.495 e. The maximum absolute atomic E-state index is 12.8. The number of benzene rings is 2. The van der Waals surface area contributed by atoms with Crippen molar-refractivity contribution < 1.29 is 21.6 Å². The van der Waals surface area contributed by atoms with E-state index in [1.54, 1.807) is 38.1 Å². The van der Waals surface area contributed by atoms with Gasteiger partial charge in [0.05, 0.1) is 34.8 Å². The number of nitrogens with zero attached hydrogens (tertiary/aromatic N) is 3. The number of aromatic nitrogens is 2. The minimum absolute atomic E-state index is 0.127. The highest BCUT2D eigenvalue weighted by Crippen LogP contribution is 2.35. The molecule has 198 valence electrons. The van der Waals surface area contributed by atoms with E-state index in [1.165, 1.54) is 23.7 Å². The van der Waals surface area contributed by atoms with E-state index in [2.05, 4.69) is 20.6 Å². The molecule has 1 aromatic heterocycles. The number of anilines is 4. The van der Waals surface area contributed by atoms with Crippen molar-refractivity contribution in [1.82, 2.24) is 14.3 Å². The Morgan fingerprint density at radius 2 is 1.81 bits per heavy atom. The van der Waals surface area contributed by atoms with Crippen molar-refractivity contribution in [2.75, 3.05) is 24.3 Å². The topological polar surface area (TPSA) is 157 Å². The fourth-order valence-electron chi connectivity index (χ4n) is 3.88. The molecule has 37 heavy (non-hydrogen) atoms. The van der Waals surface area contributed by atoms with Gasteiger partial charge in [-0.3, -0.25) is 0 Å². The molecule has 0 bridgehead atoms. The van der Waals surface area contributed by atoms with Gasteiger partial charge in [-0.25, -0.2) is 18.5 Å². The Balaban J connectivity index is 1.66. The molecule has 4 N–H and O–H groups in total. The van der Waals surface area contributed by atoms with Crippen molar-refractivity contribution in [2.45, 2.75) is 37.0 Å². The van der Waals surface area contributed by atoms with Gasteiger partial charge in [0, 0.05) is 13.1 Å². The van der Waals surface area contributed by atoms with Crippen LogP contribution in [0, 0.1) is 0 Å². The van der Waals surface area contributed by atoms with Gasteiger partial charge in [-0.05, 0) is 55.7 Å². The third kappa shape index (κ3) is 5.80. The quantitative estimate of drug-likeness (QED) is 0.372. The molecule has 0 amide bonds. The van der Waals surface area contributed by atoms with Crippen molar-refractivity contribution in [2.24, 2.45) is 5.14 Å². The zero-order valence-corrected chi connectivity index (χ0v) is 22.8. The van der Waals surface area contributed by atoms with E-state index < -0.39 is 25.3 Å². The van der Waals surface area contributed by atoms with Crippen LogP contribution in [0.1, 0.15) is 25.0 Å². The fourth-order valence-corrected chi connectivity index (χ4v) is 5.88. The number of rotatable bonds is 8. The van der Waals surface area contributed by atoms with Gasteiger partial charge in [0.15, 0.2) is 15.7 Å². The lowest BCUT2D eigenvalue weighted by molar-refractivity contribution is 0.388. The van der Waals surface area contributed by atoms with Crippen molar-refractivity contribution in [3.8, 4) is 5.75 Å². The normalized spacial score (nSPS) is 14.3. The molecule has 2 aromatic carbocycles. The fraction of sp³-hybridized carbons (Fsp3) is 0.304. The second-order valence-corrected chi connectivity index (χ2v) is 13.1. The van der Waals surface area contributed by atoms with E-state index in [0.717, 1.165) is 11.1 Å². The Morgan fingerprint density at radius 1 is 1.08 bits per heavy atom. The smallest absolute Gasteiger partial charge is 0.277 e. The number of methoxy groups -OCH3 is 1. The average Bonchev–Trinajstić information content (AvgIpc) is 2.84. The lowest BCUT2D eigenvalue weighted by atomic mass is 9.99. The number of hydrogen-bond acceptors (Lipinski definition) is 9. The van der Waals surface area contributed by atoms with Crippen LogP contribution in [0.25, 0.3) is 0 Å². The van der Waals surface area contributed by atoms with Crippen molar-refractivity contribution in [1.29, 1.82) is 0 Å². The summed E-state index contributed by atoms with van der Waals surface area (Å²) in [7, 11) is -5.87. The molecule has 2 heterocycles. The monoisotopic (exact) mass is 566 g/mol. The highest BCUT2D eigenvalue weighted by molar-refractivity contribution is 7.92. The first-order valence-electron chi connectivity index (χ1n) is 11.3.